The molecule has 130 heavy (non-hydrogen) atoms. The second-order valence-electron chi connectivity index (χ2n) is 31.7. The molecule has 7 amide bonds. The van der Waals surface area contributed by atoms with Crippen molar-refractivity contribution >= 4 is 52.9 Å². The van der Waals surface area contributed by atoms with Crippen LogP contribution in [-0.4, -0.2) is 537 Å². The number of ether oxygens (including phenoxy) is 12. The summed E-state index contributed by atoms with van der Waals surface area (Å²) in [4.78, 5) is 122. The summed E-state index contributed by atoms with van der Waals surface area (Å²) in [6.45, 7) is -7.96. The number of aliphatic hydroxyl groups is 24. The van der Waals surface area contributed by atoms with Crippen LogP contribution in [0.1, 0.15) is 90.9 Å². The molecule has 0 aromatic rings. The van der Waals surface area contributed by atoms with Gasteiger partial charge in [-0.1, -0.05) is 6.92 Å². The van der Waals surface area contributed by atoms with Crippen LogP contribution >= 0.6 is 0 Å². The molecule has 0 bridgehead atoms. The van der Waals surface area contributed by atoms with E-state index in [2.05, 4.69) is 16.0 Å². The van der Waals surface area contributed by atoms with Crippen LogP contribution in [0.2, 0.25) is 0 Å². The summed E-state index contributed by atoms with van der Waals surface area (Å²) >= 11 is 0. The third kappa shape index (κ3) is 35.4. The first-order valence-corrected chi connectivity index (χ1v) is 43.0. The lowest BCUT2D eigenvalue weighted by atomic mass is 9.99. The van der Waals surface area contributed by atoms with Crippen LogP contribution in [0.3, 0.4) is 0 Å². The zero-order chi connectivity index (χ0) is 96.8. The van der Waals surface area contributed by atoms with Gasteiger partial charge in [-0.15, -0.1) is 0 Å². The van der Waals surface area contributed by atoms with E-state index in [-0.39, 0.29) is 109 Å². The number of amides is 7. The number of carbonyl (C=O) groups is 9. The van der Waals surface area contributed by atoms with Gasteiger partial charge in [0.15, 0.2) is 43.5 Å². The number of hydrogen-bond acceptors (Lipinski definition) is 46. The van der Waals surface area contributed by atoms with Crippen LogP contribution in [-0.2, 0) is 100.0 Å². The molecule has 0 saturated carbocycles. The number of nitrogens with one attached hydrogen (secondary N) is 3. The van der Waals surface area contributed by atoms with Crippen LogP contribution in [0.4, 0.5) is 0 Å². The van der Waals surface area contributed by atoms with Crippen LogP contribution < -0.4 is 21.7 Å². The van der Waals surface area contributed by atoms with Crippen molar-refractivity contribution in [3.63, 3.8) is 0 Å². The van der Waals surface area contributed by atoms with E-state index in [1.54, 1.807) is 6.92 Å². The number of rotatable bonds is 55. The zero-order valence-electron chi connectivity index (χ0n) is 72.3. The summed E-state index contributed by atoms with van der Waals surface area (Å²) in [7, 11) is 0. The Hall–Kier alpha value is -5.85. The third-order valence-corrected chi connectivity index (χ3v) is 22.1. The molecule has 6 rings (SSSR count). The topological polar surface area (TPSA) is 825 Å². The van der Waals surface area contributed by atoms with Gasteiger partial charge in [0.2, 0.25) is 41.4 Å². The average molecular weight is 1890 g/mol. The smallest absolute Gasteiger partial charge is 0.242 e. The molecular formula is C77H136N8O45. The van der Waals surface area contributed by atoms with Gasteiger partial charge in [0, 0.05) is 71.4 Å². The first-order valence-electron chi connectivity index (χ1n) is 43.0. The fraction of sp³-hybridized carbons (Fsp3) is 0.883. The van der Waals surface area contributed by atoms with Gasteiger partial charge < -0.3 is 221 Å². The Morgan fingerprint density at radius 1 is 0.315 bits per heavy atom. The molecule has 6 heterocycles. The minimum atomic E-state index is -1.79. The predicted molar refractivity (Wildman–Crippen MR) is 428 cm³/mol. The van der Waals surface area contributed by atoms with Crippen LogP contribution in [0.15, 0.2) is 0 Å². The number of ketones is 2. The van der Waals surface area contributed by atoms with Crippen molar-refractivity contribution in [1.82, 2.24) is 35.6 Å². The highest BCUT2D eigenvalue weighted by Crippen LogP contribution is 2.29. The molecule has 0 aliphatic carbocycles. The van der Waals surface area contributed by atoms with E-state index in [1.165, 1.54) is 6.92 Å². The summed E-state index contributed by atoms with van der Waals surface area (Å²) < 4.78 is 65.0. The number of aliphatic hydroxyl groups excluding tert-OH is 24. The van der Waals surface area contributed by atoms with E-state index in [4.69, 9.17) is 62.6 Å². The number of Topliss-reactive ketones (excluding diaryl/α,β-unsaturated/α-hetero) is 2. The van der Waals surface area contributed by atoms with Crippen molar-refractivity contribution in [2.75, 3.05) is 151 Å². The van der Waals surface area contributed by atoms with Crippen molar-refractivity contribution < 1.29 is 223 Å². The molecule has 0 aromatic carbocycles. The quantitative estimate of drug-likeness (QED) is 0.0251. The predicted octanol–water partition coefficient (Wildman–Crippen LogP) is -17.3. The maximum Gasteiger partial charge on any atom is 0.242 e. The van der Waals surface area contributed by atoms with Crippen LogP contribution in [0.25, 0.3) is 0 Å². The van der Waals surface area contributed by atoms with Crippen molar-refractivity contribution in [2.45, 2.75) is 281 Å². The Morgan fingerprint density at radius 3 is 0.831 bits per heavy atom. The van der Waals surface area contributed by atoms with Gasteiger partial charge >= 0.3 is 0 Å². The standard InChI is InChI=1S/C41H73N5O23.C36H63N3O22/c1-21(50)22(6-4-5-9-42)44-26(51)7-2-3-8-28(53)46(16-27(52)43-10-13-64-39-36(61)33(58)30(55)23(18-47)67-39)17-29(54)45(11-14-65-40-37(62)34(59)31(56)24(19-48)68-40)12-15-66-41-38(63)35(60)32(57)25(20-49)69-41;1-2-18(43)5-3-4-6-23(45)39(13-22(44)37-7-10-56-34-31(53)28(50)25(47)19(15-40)59-34)14-24(46)38(8-11-57-35-32(54)29(51)26(48)20(16-41)60-35)9-12-58-36-33(55)30(52)27(49)21(17-42)61-36/h22-25,30-41,47-49,55-63H,2-20,42H2,1H3,(H,43,52)(H,44,51);19-21,25-36,40-42,47-55H,2-17H2,1H3,(H,37,44)/t22-,23+,24+,25+,30+,31+,32+,33-,34-,35-,36-,37-,38-,39-,40?,41?;19-,20-,21-,25-,26-,27-,28+,29+,30+,31+,32+,33+,34+,35?,36?/m01/s1. The van der Waals surface area contributed by atoms with Gasteiger partial charge in [0.1, 0.15) is 178 Å². The van der Waals surface area contributed by atoms with Crippen molar-refractivity contribution in [1.29, 1.82) is 0 Å². The zero-order valence-corrected chi connectivity index (χ0v) is 72.3. The van der Waals surface area contributed by atoms with E-state index in [1.807, 2.05) is 0 Å². The highest BCUT2D eigenvalue weighted by atomic mass is 16.7. The summed E-state index contributed by atoms with van der Waals surface area (Å²) in [5, 5.41) is 248. The fourth-order valence-electron chi connectivity index (χ4n) is 14.0. The second kappa shape index (κ2) is 59.2. The number of carbonyl (C=O) groups excluding carboxylic acids is 9. The Labute approximate surface area is 746 Å². The van der Waals surface area contributed by atoms with Crippen LogP contribution in [0, 0.1) is 0 Å². The maximum absolute atomic E-state index is 14.1. The summed E-state index contributed by atoms with van der Waals surface area (Å²) in [6, 6.07) is -0.707. The monoisotopic (exact) mass is 1890 g/mol. The Balaban J connectivity index is 0.000000464. The molecule has 4 unspecified atom stereocenters. The first kappa shape index (κ1) is 115. The van der Waals surface area contributed by atoms with Gasteiger partial charge in [-0.05, 0) is 58.4 Å². The van der Waals surface area contributed by atoms with Gasteiger partial charge in [0.05, 0.1) is 85.3 Å². The molecule has 53 heteroatoms. The molecule has 6 aliphatic heterocycles. The molecule has 6 aliphatic rings. The molecule has 31 atom stereocenters. The van der Waals surface area contributed by atoms with Crippen molar-refractivity contribution in [3.05, 3.63) is 0 Å². The minimum Gasteiger partial charge on any atom is -0.394 e. The molecule has 29 N–H and O–H groups in total. The summed E-state index contributed by atoms with van der Waals surface area (Å²) in [5.41, 5.74) is 5.53. The maximum atomic E-state index is 14.1. The summed E-state index contributed by atoms with van der Waals surface area (Å²) in [5.74, 6) is -5.22. The second-order valence-corrected chi connectivity index (χ2v) is 31.7. The highest BCUT2D eigenvalue weighted by molar-refractivity contribution is 5.90. The molecule has 6 fully saturated rings. The van der Waals surface area contributed by atoms with Crippen LogP contribution in [0.5, 0.6) is 0 Å². The van der Waals surface area contributed by atoms with Gasteiger partial charge in [-0.3, -0.25) is 43.2 Å². The largest absolute Gasteiger partial charge is 0.394 e. The normalized spacial score (nSPS) is 33.0. The Morgan fingerprint density at radius 2 is 0.577 bits per heavy atom. The van der Waals surface area contributed by atoms with Gasteiger partial charge in [-0.25, -0.2) is 0 Å². The van der Waals surface area contributed by atoms with Crippen molar-refractivity contribution in [3.8, 4) is 0 Å². The molecule has 0 spiro atoms. The number of nitrogens with two attached hydrogens (primary N) is 1. The molecule has 754 valence electrons. The highest BCUT2D eigenvalue weighted by Gasteiger charge is 2.50. The lowest BCUT2D eigenvalue weighted by Crippen LogP contribution is -2.59. The number of hydrogen-bond donors (Lipinski definition) is 28. The minimum absolute atomic E-state index is 0.0164. The SMILES string of the molecule is CC(=O)[C@H](CCCCN)NC(=O)CCCCC(=O)N(CC(=O)NCCO[C@H]1O[C@H](CO)[C@@H](O)[C@H](O)[C@@H]1O)CC(=O)N(CCOC1O[C@H](CO)[C@@H](O)[C@H](O)[C@@H]1O)CCOC1O[C@H](CO)[C@@H](O)[C@H](O)[C@@H]1O.CCC(=O)CCCCC(=O)N(CC(=O)NCCO[C@H]1O[C@H](CO)[C@@H](O)[C@H](O)[C@@H]1O)CC(=O)N(CCOC1O[C@H](CO)[C@@H](O)[C@H](O)[C@@H]1O)CCOC1O[C@H](CO)[C@@H](O)[C@H](O)[C@@H]1O. The average Bonchev–Trinajstić information content (AvgIpc) is 0.842. The number of nitrogens with zero attached hydrogens (tertiary/aromatic N) is 4. The van der Waals surface area contributed by atoms with E-state index < -0.39 is 324 Å². The first-order chi connectivity index (χ1) is 61.8. The Kier molecular flexibility index (Phi) is 52.2. The fourth-order valence-corrected chi connectivity index (χ4v) is 14.0. The van der Waals surface area contributed by atoms with E-state index >= 15 is 0 Å². The van der Waals surface area contributed by atoms with Gasteiger partial charge in [0.25, 0.3) is 0 Å². The molecule has 53 nitrogen and oxygen atoms in total. The number of unbranched alkanes of at least 4 members (excludes halogenated alkanes) is 3. The lowest BCUT2D eigenvalue weighted by molar-refractivity contribution is -0.303. The van der Waals surface area contributed by atoms with E-state index in [9.17, 15) is 166 Å². The van der Waals surface area contributed by atoms with Crippen molar-refractivity contribution in [2.24, 2.45) is 5.73 Å². The van der Waals surface area contributed by atoms with E-state index in [0.717, 1.165) is 19.6 Å². The molecular weight excluding hydrogens is 1760 g/mol. The molecule has 0 radical (unpaired) electrons. The van der Waals surface area contributed by atoms with E-state index in [0.29, 0.717) is 38.6 Å². The van der Waals surface area contributed by atoms with Gasteiger partial charge in [-0.2, -0.15) is 0 Å². The lowest BCUT2D eigenvalue weighted by Gasteiger charge is -2.40. The molecule has 0 aromatic heterocycles. The molecule has 6 saturated heterocycles. The third-order valence-electron chi connectivity index (χ3n) is 22.1. The summed E-state index contributed by atoms with van der Waals surface area (Å²) in [6.07, 6.45) is -45.3. The Bertz CT molecular complexity index is 3250.